The first kappa shape index (κ1) is 19.5. The molecular formula is C21H19ClN2O4S. The standard InChI is InChI=1S/C21H19ClN2O4S/c1-14-18(22)4-2-6-20(14)29(26,27)23-17-8-7-15-9-10-24(13-16(15)12-17)21(25)19-5-3-11-28-19/h2-8,11-12,23H,9-10,13H2,1H3. The number of carbonyl (C=O) groups excluding carboxylic acids is 1. The highest BCUT2D eigenvalue weighted by molar-refractivity contribution is 7.92. The van der Waals surface area contributed by atoms with E-state index in [1.54, 1.807) is 48.2 Å². The van der Waals surface area contributed by atoms with Crippen molar-refractivity contribution in [2.24, 2.45) is 0 Å². The predicted octanol–water partition coefficient (Wildman–Crippen LogP) is 4.24. The molecule has 2 aromatic carbocycles. The molecule has 0 bridgehead atoms. The molecule has 0 spiro atoms. The molecule has 0 saturated heterocycles. The topological polar surface area (TPSA) is 79.6 Å². The lowest BCUT2D eigenvalue weighted by atomic mass is 9.99. The molecule has 0 saturated carbocycles. The summed E-state index contributed by atoms with van der Waals surface area (Å²) in [6.45, 7) is 2.64. The number of carbonyl (C=O) groups is 1. The number of hydrogen-bond acceptors (Lipinski definition) is 4. The minimum absolute atomic E-state index is 0.136. The number of sulfonamides is 1. The van der Waals surface area contributed by atoms with Gasteiger partial charge in [-0.1, -0.05) is 23.7 Å². The molecule has 1 aromatic heterocycles. The Balaban J connectivity index is 1.58. The Hall–Kier alpha value is -2.77. The van der Waals surface area contributed by atoms with Gasteiger partial charge in [0, 0.05) is 23.8 Å². The minimum Gasteiger partial charge on any atom is -0.459 e. The van der Waals surface area contributed by atoms with Crippen LogP contribution in [0.2, 0.25) is 5.02 Å². The first-order chi connectivity index (χ1) is 13.8. The summed E-state index contributed by atoms with van der Waals surface area (Å²) in [5.74, 6) is 0.114. The van der Waals surface area contributed by atoms with Gasteiger partial charge in [-0.25, -0.2) is 8.42 Å². The van der Waals surface area contributed by atoms with Gasteiger partial charge in [-0.05, 0) is 66.4 Å². The molecule has 2 heterocycles. The third-order valence-corrected chi connectivity index (χ3v) is 6.93. The van der Waals surface area contributed by atoms with E-state index in [0.29, 0.717) is 41.5 Å². The molecule has 0 unspecified atom stereocenters. The number of amides is 1. The fraction of sp³-hybridized carbons (Fsp3) is 0.190. The number of hydrogen-bond donors (Lipinski definition) is 1. The van der Waals surface area contributed by atoms with Gasteiger partial charge in [-0.2, -0.15) is 0 Å². The van der Waals surface area contributed by atoms with E-state index in [4.69, 9.17) is 16.0 Å². The SMILES string of the molecule is Cc1c(Cl)cccc1S(=O)(=O)Nc1ccc2c(c1)CN(C(=O)c1ccco1)CC2. The van der Waals surface area contributed by atoms with Gasteiger partial charge in [0.25, 0.3) is 15.9 Å². The number of furan rings is 1. The van der Waals surface area contributed by atoms with Crippen LogP contribution in [0, 0.1) is 6.92 Å². The smallest absolute Gasteiger partial charge is 0.289 e. The van der Waals surface area contributed by atoms with E-state index in [-0.39, 0.29) is 10.8 Å². The summed E-state index contributed by atoms with van der Waals surface area (Å²) >= 11 is 6.07. The summed E-state index contributed by atoms with van der Waals surface area (Å²) in [6, 6.07) is 13.5. The van der Waals surface area contributed by atoms with Crippen LogP contribution in [0.5, 0.6) is 0 Å². The van der Waals surface area contributed by atoms with Gasteiger partial charge >= 0.3 is 0 Å². The molecule has 150 valence electrons. The summed E-state index contributed by atoms with van der Waals surface area (Å²) in [4.78, 5) is 14.4. The molecule has 29 heavy (non-hydrogen) atoms. The van der Waals surface area contributed by atoms with E-state index in [9.17, 15) is 13.2 Å². The lowest BCUT2D eigenvalue weighted by molar-refractivity contribution is 0.0702. The third kappa shape index (κ3) is 3.88. The molecule has 0 radical (unpaired) electrons. The number of nitrogens with zero attached hydrogens (tertiary/aromatic N) is 1. The van der Waals surface area contributed by atoms with Crippen molar-refractivity contribution in [2.75, 3.05) is 11.3 Å². The first-order valence-electron chi connectivity index (χ1n) is 9.08. The van der Waals surface area contributed by atoms with Crippen LogP contribution in [0.1, 0.15) is 27.2 Å². The zero-order chi connectivity index (χ0) is 20.6. The third-order valence-electron chi connectivity index (χ3n) is 5.00. The summed E-state index contributed by atoms with van der Waals surface area (Å²) in [6.07, 6.45) is 2.16. The molecule has 0 fully saturated rings. The van der Waals surface area contributed by atoms with Crippen LogP contribution in [0.15, 0.2) is 64.1 Å². The lowest BCUT2D eigenvalue weighted by Gasteiger charge is -2.28. The molecule has 1 aliphatic rings. The molecule has 1 amide bonds. The maximum Gasteiger partial charge on any atom is 0.289 e. The van der Waals surface area contributed by atoms with Gasteiger partial charge in [0.05, 0.1) is 11.2 Å². The van der Waals surface area contributed by atoms with E-state index in [2.05, 4.69) is 4.72 Å². The molecule has 0 atom stereocenters. The van der Waals surface area contributed by atoms with Crippen molar-refractivity contribution in [3.8, 4) is 0 Å². The Kier molecular flexibility index (Phi) is 5.10. The summed E-state index contributed by atoms with van der Waals surface area (Å²) in [5, 5.41) is 0.394. The van der Waals surface area contributed by atoms with E-state index in [1.165, 1.54) is 12.3 Å². The number of halogens is 1. The van der Waals surface area contributed by atoms with Gasteiger partial charge in [-0.15, -0.1) is 0 Å². The quantitative estimate of drug-likeness (QED) is 0.671. The van der Waals surface area contributed by atoms with Crippen LogP contribution in [0.25, 0.3) is 0 Å². The van der Waals surface area contributed by atoms with Gasteiger partial charge in [0.2, 0.25) is 0 Å². The van der Waals surface area contributed by atoms with Gasteiger partial charge < -0.3 is 9.32 Å². The van der Waals surface area contributed by atoms with Crippen molar-refractivity contribution in [1.82, 2.24) is 4.90 Å². The van der Waals surface area contributed by atoms with Crippen molar-refractivity contribution in [3.05, 3.63) is 82.3 Å². The maximum atomic E-state index is 12.8. The van der Waals surface area contributed by atoms with Crippen molar-refractivity contribution >= 4 is 33.2 Å². The highest BCUT2D eigenvalue weighted by Crippen LogP contribution is 2.28. The second-order valence-electron chi connectivity index (χ2n) is 6.91. The number of anilines is 1. The Morgan fingerprint density at radius 2 is 1.97 bits per heavy atom. The molecule has 0 aliphatic carbocycles. The highest BCUT2D eigenvalue weighted by Gasteiger charge is 2.24. The fourth-order valence-corrected chi connectivity index (χ4v) is 4.99. The second-order valence-corrected chi connectivity index (χ2v) is 8.96. The fourth-order valence-electron chi connectivity index (χ4n) is 3.44. The van der Waals surface area contributed by atoms with E-state index in [0.717, 1.165) is 11.1 Å². The molecule has 1 N–H and O–H groups in total. The van der Waals surface area contributed by atoms with E-state index < -0.39 is 10.0 Å². The second kappa shape index (κ2) is 7.57. The summed E-state index contributed by atoms with van der Waals surface area (Å²) in [7, 11) is -3.79. The van der Waals surface area contributed by atoms with E-state index in [1.807, 2.05) is 6.07 Å². The average Bonchev–Trinajstić information content (AvgIpc) is 3.23. The van der Waals surface area contributed by atoms with Crippen LogP contribution >= 0.6 is 11.6 Å². The van der Waals surface area contributed by atoms with Crippen molar-refractivity contribution < 1.29 is 17.6 Å². The highest BCUT2D eigenvalue weighted by atomic mass is 35.5. The van der Waals surface area contributed by atoms with Crippen LogP contribution in [-0.4, -0.2) is 25.8 Å². The minimum atomic E-state index is -3.79. The summed E-state index contributed by atoms with van der Waals surface area (Å²) < 4.78 is 33.5. The van der Waals surface area contributed by atoms with Crippen LogP contribution in [0.4, 0.5) is 5.69 Å². The van der Waals surface area contributed by atoms with E-state index >= 15 is 0 Å². The molecule has 8 heteroatoms. The Labute approximate surface area is 174 Å². The Bertz CT molecular complexity index is 1170. The number of nitrogens with one attached hydrogen (secondary N) is 1. The van der Waals surface area contributed by atoms with Crippen molar-refractivity contribution in [3.63, 3.8) is 0 Å². The first-order valence-corrected chi connectivity index (χ1v) is 10.9. The van der Waals surface area contributed by atoms with Crippen molar-refractivity contribution in [2.45, 2.75) is 24.8 Å². The van der Waals surface area contributed by atoms with Crippen molar-refractivity contribution in [1.29, 1.82) is 0 Å². The molecule has 4 rings (SSSR count). The molecule has 6 nitrogen and oxygen atoms in total. The zero-order valence-electron chi connectivity index (χ0n) is 15.7. The van der Waals surface area contributed by atoms with Crippen LogP contribution in [-0.2, 0) is 23.0 Å². The predicted molar refractivity (Wildman–Crippen MR) is 111 cm³/mol. The summed E-state index contributed by atoms with van der Waals surface area (Å²) in [5.41, 5.74) is 2.93. The number of benzene rings is 2. The van der Waals surface area contributed by atoms with Gasteiger partial charge in [0.15, 0.2) is 5.76 Å². The maximum absolute atomic E-state index is 12.8. The molecular weight excluding hydrogens is 412 g/mol. The number of fused-ring (bicyclic) bond motifs is 1. The lowest BCUT2D eigenvalue weighted by Crippen LogP contribution is -2.35. The number of rotatable bonds is 4. The molecule has 1 aliphatic heterocycles. The Morgan fingerprint density at radius 1 is 1.14 bits per heavy atom. The Morgan fingerprint density at radius 3 is 2.72 bits per heavy atom. The average molecular weight is 431 g/mol. The van der Waals surface area contributed by atoms with Gasteiger partial charge in [-0.3, -0.25) is 9.52 Å². The monoisotopic (exact) mass is 430 g/mol. The normalized spacial score (nSPS) is 13.8. The largest absolute Gasteiger partial charge is 0.459 e. The zero-order valence-corrected chi connectivity index (χ0v) is 17.3. The van der Waals surface area contributed by atoms with Gasteiger partial charge in [0.1, 0.15) is 0 Å². The van der Waals surface area contributed by atoms with Crippen LogP contribution in [0.3, 0.4) is 0 Å². The molecule has 3 aromatic rings. The van der Waals surface area contributed by atoms with Crippen LogP contribution < -0.4 is 4.72 Å².